The molecule has 0 aromatic heterocycles. The molecule has 0 saturated heterocycles. The van der Waals surface area contributed by atoms with Crippen LogP contribution in [-0.2, 0) is 6.18 Å². The minimum atomic E-state index is -4.43. The molecule has 2 aromatic rings. The lowest BCUT2D eigenvalue weighted by molar-refractivity contribution is -0.137. The third-order valence-electron chi connectivity index (χ3n) is 3.05. The van der Waals surface area contributed by atoms with Gasteiger partial charge in [0.05, 0.1) is 5.56 Å². The van der Waals surface area contributed by atoms with Crippen molar-refractivity contribution in [3.63, 3.8) is 0 Å². The van der Waals surface area contributed by atoms with Gasteiger partial charge < -0.3 is 5.32 Å². The maximum absolute atomic E-state index is 13.0. The average Bonchev–Trinajstić information content (AvgIpc) is 2.55. The molecule has 0 radical (unpaired) electrons. The largest absolute Gasteiger partial charge is 0.417 e. The van der Waals surface area contributed by atoms with Crippen LogP contribution in [0.15, 0.2) is 60.3 Å². The van der Waals surface area contributed by atoms with Gasteiger partial charge in [-0.2, -0.15) is 23.7 Å². The molecule has 0 aliphatic heterocycles. The maximum atomic E-state index is 13.0. The number of hydrogen-bond donors (Lipinski definition) is 1. The quantitative estimate of drug-likeness (QED) is 0.834. The summed E-state index contributed by atoms with van der Waals surface area (Å²) in [5, 5.41) is 20.0. The van der Waals surface area contributed by atoms with Crippen molar-refractivity contribution in [2.45, 2.75) is 6.18 Å². The number of halogens is 3. The molecular formula is C17H10F3N3. The Bertz CT molecular complexity index is 791. The zero-order valence-electron chi connectivity index (χ0n) is 11.7. The van der Waals surface area contributed by atoms with Gasteiger partial charge in [-0.15, -0.1) is 0 Å². The topological polar surface area (TPSA) is 59.6 Å². The van der Waals surface area contributed by atoms with Gasteiger partial charge in [-0.05, 0) is 29.3 Å². The fourth-order valence-corrected chi connectivity index (χ4v) is 1.97. The van der Waals surface area contributed by atoms with E-state index in [1.165, 1.54) is 18.3 Å². The van der Waals surface area contributed by atoms with E-state index in [9.17, 15) is 13.2 Å². The smallest absolute Gasteiger partial charge is 0.360 e. The van der Waals surface area contributed by atoms with Crippen LogP contribution < -0.4 is 5.32 Å². The van der Waals surface area contributed by atoms with Crippen LogP contribution in [0.4, 0.5) is 18.9 Å². The number of nitrogens with zero attached hydrogens (tertiary/aromatic N) is 2. The lowest BCUT2D eigenvalue weighted by Crippen LogP contribution is -2.06. The van der Waals surface area contributed by atoms with Crippen LogP contribution in [-0.4, -0.2) is 0 Å². The number of nitriles is 2. The fourth-order valence-electron chi connectivity index (χ4n) is 1.97. The molecule has 6 heteroatoms. The molecule has 0 fully saturated rings. The van der Waals surface area contributed by atoms with Crippen molar-refractivity contribution in [3.8, 4) is 23.3 Å². The third kappa shape index (κ3) is 3.90. The van der Waals surface area contributed by atoms with E-state index in [4.69, 9.17) is 10.5 Å². The standard InChI is InChI=1S/C17H10F3N3/c18-17(19,20)16-4-2-1-3-15(16)13-5-7-14(8-6-13)23-11-12(9-21)10-22/h1-8,11,23H. The van der Waals surface area contributed by atoms with Crippen LogP contribution in [0.2, 0.25) is 0 Å². The van der Waals surface area contributed by atoms with Crippen LogP contribution in [0, 0.1) is 22.7 Å². The van der Waals surface area contributed by atoms with Crippen LogP contribution in [0.25, 0.3) is 11.1 Å². The van der Waals surface area contributed by atoms with E-state index in [-0.39, 0.29) is 11.1 Å². The highest BCUT2D eigenvalue weighted by atomic mass is 19.4. The molecule has 2 aromatic carbocycles. The van der Waals surface area contributed by atoms with Crippen LogP contribution in [0.5, 0.6) is 0 Å². The first kappa shape index (κ1) is 16.1. The van der Waals surface area contributed by atoms with Gasteiger partial charge >= 0.3 is 6.18 Å². The van der Waals surface area contributed by atoms with E-state index in [1.807, 2.05) is 0 Å². The summed E-state index contributed by atoms with van der Waals surface area (Å²) in [7, 11) is 0. The molecule has 1 N–H and O–H groups in total. The SMILES string of the molecule is N#CC(C#N)=CNc1ccc(-c2ccccc2C(F)(F)F)cc1. The summed E-state index contributed by atoms with van der Waals surface area (Å²) in [6.07, 6.45) is -3.19. The Hall–Kier alpha value is -3.25. The van der Waals surface area contributed by atoms with Gasteiger partial charge in [0.1, 0.15) is 17.7 Å². The Morgan fingerprint density at radius 2 is 1.57 bits per heavy atom. The lowest BCUT2D eigenvalue weighted by atomic mass is 9.99. The van der Waals surface area contributed by atoms with Gasteiger partial charge in [0.25, 0.3) is 0 Å². The molecule has 2 rings (SSSR count). The van der Waals surface area contributed by atoms with Gasteiger partial charge in [0, 0.05) is 11.9 Å². The number of rotatable bonds is 3. The Kier molecular flexibility index (Phi) is 4.68. The highest BCUT2D eigenvalue weighted by molar-refractivity contribution is 5.70. The Morgan fingerprint density at radius 1 is 0.957 bits per heavy atom. The van der Waals surface area contributed by atoms with Gasteiger partial charge in [0.15, 0.2) is 0 Å². The molecule has 0 spiro atoms. The molecule has 114 valence electrons. The molecule has 23 heavy (non-hydrogen) atoms. The first-order valence-corrected chi connectivity index (χ1v) is 6.49. The molecule has 0 heterocycles. The van der Waals surface area contributed by atoms with E-state index in [2.05, 4.69) is 5.32 Å². The van der Waals surface area contributed by atoms with Crippen LogP contribution in [0.3, 0.4) is 0 Å². The van der Waals surface area contributed by atoms with E-state index < -0.39 is 11.7 Å². The normalized spacial score (nSPS) is 10.3. The highest BCUT2D eigenvalue weighted by Gasteiger charge is 2.33. The maximum Gasteiger partial charge on any atom is 0.417 e. The summed E-state index contributed by atoms with van der Waals surface area (Å²) in [5.74, 6) is 0. The van der Waals surface area contributed by atoms with Crippen LogP contribution >= 0.6 is 0 Å². The molecule has 0 aliphatic carbocycles. The van der Waals surface area contributed by atoms with Crippen molar-refractivity contribution >= 4 is 5.69 Å². The Morgan fingerprint density at radius 3 is 2.13 bits per heavy atom. The van der Waals surface area contributed by atoms with Crippen LogP contribution in [0.1, 0.15) is 5.56 Å². The summed E-state index contributed by atoms with van der Waals surface area (Å²) in [6, 6.07) is 15.0. The summed E-state index contributed by atoms with van der Waals surface area (Å²) >= 11 is 0. The van der Waals surface area contributed by atoms with Crippen molar-refractivity contribution in [2.24, 2.45) is 0 Å². The average molecular weight is 313 g/mol. The van der Waals surface area contributed by atoms with Gasteiger partial charge in [-0.3, -0.25) is 0 Å². The molecule has 0 amide bonds. The molecule has 0 atom stereocenters. The zero-order chi connectivity index (χ0) is 16.9. The van der Waals surface area contributed by atoms with Crippen molar-refractivity contribution < 1.29 is 13.2 Å². The predicted octanol–water partition coefficient (Wildman–Crippen LogP) is 4.72. The number of nitrogens with one attached hydrogen (secondary N) is 1. The second-order valence-electron chi connectivity index (χ2n) is 4.55. The molecule has 0 unspecified atom stereocenters. The van der Waals surface area contributed by atoms with Gasteiger partial charge in [-0.25, -0.2) is 0 Å². The number of benzene rings is 2. The van der Waals surface area contributed by atoms with E-state index in [0.29, 0.717) is 11.3 Å². The lowest BCUT2D eigenvalue weighted by Gasteiger charge is -2.13. The van der Waals surface area contributed by atoms with Crippen molar-refractivity contribution in [2.75, 3.05) is 5.32 Å². The first-order chi connectivity index (χ1) is 11.0. The zero-order valence-corrected chi connectivity index (χ0v) is 11.7. The number of anilines is 1. The van der Waals surface area contributed by atoms with Gasteiger partial charge in [0.2, 0.25) is 0 Å². The van der Waals surface area contributed by atoms with E-state index in [0.717, 1.165) is 6.07 Å². The number of alkyl halides is 3. The number of allylic oxidation sites excluding steroid dienone is 1. The summed E-state index contributed by atoms with van der Waals surface area (Å²) < 4.78 is 39.1. The predicted molar refractivity (Wildman–Crippen MR) is 79.8 cm³/mol. The van der Waals surface area contributed by atoms with Crippen molar-refractivity contribution in [1.82, 2.24) is 0 Å². The number of hydrogen-bond acceptors (Lipinski definition) is 3. The van der Waals surface area contributed by atoms with E-state index in [1.54, 1.807) is 42.5 Å². The molecule has 0 saturated carbocycles. The summed E-state index contributed by atoms with van der Waals surface area (Å²) in [5.41, 5.74) is 0.277. The Labute approximate surface area is 130 Å². The second-order valence-corrected chi connectivity index (χ2v) is 4.55. The molecule has 0 bridgehead atoms. The molecular weight excluding hydrogens is 303 g/mol. The minimum Gasteiger partial charge on any atom is -0.360 e. The second kappa shape index (κ2) is 6.67. The summed E-state index contributed by atoms with van der Waals surface area (Å²) in [4.78, 5) is 0. The van der Waals surface area contributed by atoms with Gasteiger partial charge in [-0.1, -0.05) is 30.3 Å². The molecule has 3 nitrogen and oxygen atoms in total. The van der Waals surface area contributed by atoms with Crippen molar-refractivity contribution in [1.29, 1.82) is 10.5 Å². The monoisotopic (exact) mass is 313 g/mol. The van der Waals surface area contributed by atoms with E-state index >= 15 is 0 Å². The van der Waals surface area contributed by atoms with Crippen molar-refractivity contribution in [3.05, 3.63) is 65.9 Å². The summed E-state index contributed by atoms with van der Waals surface area (Å²) in [6.45, 7) is 0. The first-order valence-electron chi connectivity index (χ1n) is 6.49. The Balaban J connectivity index is 2.30. The highest BCUT2D eigenvalue weighted by Crippen LogP contribution is 2.37. The fraction of sp³-hybridized carbons (Fsp3) is 0.0588. The minimum absolute atomic E-state index is 0.0943. The molecule has 0 aliphatic rings. The third-order valence-corrected chi connectivity index (χ3v) is 3.05.